The normalized spacial score (nSPS) is 16.5. The van der Waals surface area contributed by atoms with Crippen LogP contribution in [0.3, 0.4) is 0 Å². The van der Waals surface area contributed by atoms with E-state index in [4.69, 9.17) is 29.4 Å². The maximum Gasteiger partial charge on any atom is 2.00 e. The molecule has 2 aromatic rings. The molecule has 48 heavy (non-hydrogen) atoms. The third-order valence-electron chi connectivity index (χ3n) is 8.45. The van der Waals surface area contributed by atoms with Gasteiger partial charge in [-0.05, 0) is 75.0 Å². The second-order valence-corrected chi connectivity index (χ2v) is 13.9. The van der Waals surface area contributed by atoms with Crippen LogP contribution in [0.1, 0.15) is 153 Å². The molecular weight excluding hydrogens is 623 g/mol. The van der Waals surface area contributed by atoms with Crippen molar-refractivity contribution in [3.63, 3.8) is 0 Å². The molecule has 266 valence electrons. The fraction of sp³-hybridized carbons (Fsp3) is 0.700. The molecule has 0 radical (unpaired) electrons. The molecule has 2 aromatic carbocycles. The summed E-state index contributed by atoms with van der Waals surface area (Å²) >= 11 is 0. The second kappa shape index (κ2) is 27.9. The Morgan fingerprint density at radius 1 is 0.417 bits per heavy atom. The van der Waals surface area contributed by atoms with E-state index in [0.717, 1.165) is 64.2 Å². The van der Waals surface area contributed by atoms with Gasteiger partial charge in [0.15, 0.2) is 0 Å². The molecule has 8 heteroatoms. The number of hydrogen-bond acceptors (Lipinski definition) is 4. The summed E-state index contributed by atoms with van der Waals surface area (Å²) in [6, 6.07) is 13.1. The molecule has 4 saturated heterocycles. The summed E-state index contributed by atoms with van der Waals surface area (Å²) in [4.78, 5) is 0. The molecule has 0 spiro atoms. The van der Waals surface area contributed by atoms with Crippen LogP contribution in [0.15, 0.2) is 36.4 Å². The Balaban J connectivity index is 0.000000432. The van der Waals surface area contributed by atoms with Crippen LogP contribution >= 0.6 is 0 Å². The van der Waals surface area contributed by atoms with E-state index in [2.05, 4.69) is 91.8 Å². The first kappa shape index (κ1) is 45.2. The SMILES string of the molecule is C1CCOC1.C1CCOC1.C1CCOC1.C1CCOC1.CC(C)c1cccc(C(C)C)c1[N-]B[N-]c1c(C(C)C)cccc1C(C)C.[Ca+2]. The fourth-order valence-corrected chi connectivity index (χ4v) is 5.61. The van der Waals surface area contributed by atoms with E-state index in [1.54, 1.807) is 0 Å². The summed E-state index contributed by atoms with van der Waals surface area (Å²) in [5, 5.41) is 9.96. The average Bonchev–Trinajstić information content (AvgIpc) is 3.91. The van der Waals surface area contributed by atoms with Crippen molar-refractivity contribution in [2.45, 2.75) is 130 Å². The zero-order chi connectivity index (χ0) is 34.3. The molecule has 4 heterocycles. The van der Waals surface area contributed by atoms with Crippen molar-refractivity contribution in [3.05, 3.63) is 69.1 Å². The van der Waals surface area contributed by atoms with Crippen molar-refractivity contribution in [1.29, 1.82) is 0 Å². The minimum absolute atomic E-state index is 0. The fourth-order valence-electron chi connectivity index (χ4n) is 5.61. The molecule has 4 aliphatic heterocycles. The standard InChI is InChI=1S/C24H35BN2.4C4H8O.Ca/c1-15(2)19-11-9-12-20(16(3)4)23(19)26-25-27-24-21(17(5)6)13-10-14-22(24)18(7)8;4*1-2-4-5-3-1;/h9-18,25H,1-8H3;4*1-4H2;/q-2;;;;;+2. The maximum absolute atomic E-state index is 4.98. The van der Waals surface area contributed by atoms with Crippen LogP contribution in [0.25, 0.3) is 10.5 Å². The Bertz CT molecular complexity index is 881. The summed E-state index contributed by atoms with van der Waals surface area (Å²) in [5.74, 6) is 1.82. The number of hydrogen-bond donors (Lipinski definition) is 0. The van der Waals surface area contributed by atoms with Gasteiger partial charge >= 0.3 is 37.7 Å². The van der Waals surface area contributed by atoms with Gasteiger partial charge in [-0.2, -0.15) is 0 Å². The van der Waals surface area contributed by atoms with E-state index in [0.29, 0.717) is 31.2 Å². The summed E-state index contributed by atoms with van der Waals surface area (Å²) in [7, 11) is 0.479. The molecule has 4 fully saturated rings. The summed E-state index contributed by atoms with van der Waals surface area (Å²) in [6.07, 6.45) is 10.2. The van der Waals surface area contributed by atoms with Crippen LogP contribution in [-0.2, 0) is 18.9 Å². The Morgan fingerprint density at radius 2 is 0.625 bits per heavy atom. The van der Waals surface area contributed by atoms with Gasteiger partial charge in [-0.25, -0.2) is 0 Å². The van der Waals surface area contributed by atoms with E-state index in [9.17, 15) is 0 Å². The summed E-state index contributed by atoms with van der Waals surface area (Å²) in [5.41, 5.74) is 7.55. The minimum atomic E-state index is 0. The van der Waals surface area contributed by atoms with Gasteiger partial charge in [-0.3, -0.25) is 0 Å². The van der Waals surface area contributed by atoms with Gasteiger partial charge in [-0.15, -0.1) is 18.9 Å². The molecule has 0 atom stereocenters. The number of ether oxygens (including phenoxy) is 4. The number of benzene rings is 2. The zero-order valence-electron chi connectivity index (χ0n) is 32.0. The summed E-state index contributed by atoms with van der Waals surface area (Å²) in [6.45, 7) is 25.9. The Labute approximate surface area is 325 Å². The van der Waals surface area contributed by atoms with Crippen molar-refractivity contribution in [2.24, 2.45) is 0 Å². The Morgan fingerprint density at radius 3 is 0.771 bits per heavy atom. The van der Waals surface area contributed by atoms with E-state index in [1.807, 2.05) is 0 Å². The van der Waals surface area contributed by atoms with Crippen LogP contribution < -0.4 is 0 Å². The first-order valence-corrected chi connectivity index (χ1v) is 18.7. The quantitative estimate of drug-likeness (QED) is 0.259. The van der Waals surface area contributed by atoms with Gasteiger partial charge < -0.3 is 29.4 Å². The van der Waals surface area contributed by atoms with Gasteiger partial charge in [0, 0.05) is 52.9 Å². The first-order chi connectivity index (χ1) is 22.7. The molecular formula is C40H67BCaN2O4. The van der Waals surface area contributed by atoms with E-state index in [1.165, 1.54) is 73.6 Å². The Kier molecular flexibility index (Phi) is 26.3. The van der Waals surface area contributed by atoms with E-state index < -0.39 is 0 Å². The monoisotopic (exact) mass is 690 g/mol. The molecule has 0 amide bonds. The second-order valence-electron chi connectivity index (χ2n) is 13.9. The van der Waals surface area contributed by atoms with Gasteiger partial charge in [-0.1, -0.05) is 114 Å². The van der Waals surface area contributed by atoms with Gasteiger partial charge in [0.1, 0.15) is 0 Å². The Hall–Kier alpha value is -0.795. The minimum Gasteiger partial charge on any atom is -0.724 e. The number of nitrogens with zero attached hydrogens (tertiary/aromatic N) is 2. The summed E-state index contributed by atoms with van der Waals surface area (Å²) < 4.78 is 19.8. The molecule has 0 saturated carbocycles. The molecule has 0 bridgehead atoms. The molecule has 0 N–H and O–H groups in total. The maximum atomic E-state index is 4.98. The van der Waals surface area contributed by atoms with E-state index >= 15 is 0 Å². The van der Waals surface area contributed by atoms with Crippen LogP contribution in [0.2, 0.25) is 0 Å². The van der Waals surface area contributed by atoms with Crippen molar-refractivity contribution >= 4 is 56.7 Å². The van der Waals surface area contributed by atoms with Crippen molar-refractivity contribution in [2.75, 3.05) is 52.9 Å². The van der Waals surface area contributed by atoms with Gasteiger partial charge in [0.25, 0.3) is 0 Å². The topological polar surface area (TPSA) is 65.1 Å². The number of para-hydroxylation sites is 2. The van der Waals surface area contributed by atoms with Crippen LogP contribution in [-0.4, -0.2) is 98.1 Å². The smallest absolute Gasteiger partial charge is 0.724 e. The van der Waals surface area contributed by atoms with Crippen LogP contribution in [0, 0.1) is 0 Å². The third-order valence-corrected chi connectivity index (χ3v) is 8.45. The van der Waals surface area contributed by atoms with Crippen molar-refractivity contribution in [3.8, 4) is 0 Å². The first-order valence-electron chi connectivity index (χ1n) is 18.7. The van der Waals surface area contributed by atoms with Crippen molar-refractivity contribution < 1.29 is 18.9 Å². The van der Waals surface area contributed by atoms with Gasteiger partial charge in [0.2, 0.25) is 0 Å². The molecule has 6 rings (SSSR count). The molecule has 0 unspecified atom stereocenters. The molecule has 6 nitrogen and oxygen atoms in total. The van der Waals surface area contributed by atoms with Crippen LogP contribution in [0.4, 0.5) is 11.4 Å². The molecule has 0 aliphatic carbocycles. The third kappa shape index (κ3) is 18.4. The van der Waals surface area contributed by atoms with Crippen LogP contribution in [0.5, 0.6) is 0 Å². The molecule has 4 aliphatic rings. The zero-order valence-corrected chi connectivity index (χ0v) is 34.2. The van der Waals surface area contributed by atoms with Crippen molar-refractivity contribution in [1.82, 2.24) is 0 Å². The largest absolute Gasteiger partial charge is 2.00 e. The predicted octanol–water partition coefficient (Wildman–Crippen LogP) is 11.0. The predicted molar refractivity (Wildman–Crippen MR) is 208 cm³/mol. The van der Waals surface area contributed by atoms with Gasteiger partial charge in [0.05, 0.1) is 0 Å². The van der Waals surface area contributed by atoms with E-state index in [-0.39, 0.29) is 37.7 Å². The number of rotatable bonds is 8. The molecule has 0 aromatic heterocycles. The average molecular weight is 691 g/mol.